The molecule has 2 nitrogen and oxygen atoms in total. The maximum absolute atomic E-state index is 6.43. The van der Waals surface area contributed by atoms with E-state index in [0.717, 1.165) is 18.1 Å². The molecule has 0 aliphatic heterocycles. The van der Waals surface area contributed by atoms with Gasteiger partial charge < -0.3 is 10.5 Å². The Bertz CT molecular complexity index is 524. The van der Waals surface area contributed by atoms with E-state index in [1.54, 1.807) is 0 Å². The molecule has 2 N–H and O–H groups in total. The van der Waals surface area contributed by atoms with Gasteiger partial charge in [0.1, 0.15) is 11.9 Å². The number of hydrogen-bond acceptors (Lipinski definition) is 2. The molecule has 0 heterocycles. The molecule has 1 aromatic carbocycles. The molecule has 4 atom stereocenters. The number of nitrogens with two attached hydrogens (primary N) is 1. The van der Waals surface area contributed by atoms with Crippen molar-refractivity contribution >= 4 is 0 Å². The number of ether oxygens (including phenoxy) is 1. The van der Waals surface area contributed by atoms with Crippen LogP contribution in [0.5, 0.6) is 5.75 Å². The van der Waals surface area contributed by atoms with E-state index in [-0.39, 0.29) is 6.04 Å². The molecular weight excluding hydrogens is 258 g/mol. The van der Waals surface area contributed by atoms with Gasteiger partial charge in [-0.05, 0) is 54.7 Å². The molecule has 3 rings (SSSR count). The van der Waals surface area contributed by atoms with Crippen LogP contribution in [0, 0.1) is 16.7 Å². The van der Waals surface area contributed by atoms with E-state index in [1.807, 2.05) is 0 Å². The zero-order chi connectivity index (χ0) is 15.3. The molecule has 2 aliphatic carbocycles. The van der Waals surface area contributed by atoms with Crippen molar-refractivity contribution in [1.82, 2.24) is 0 Å². The van der Waals surface area contributed by atoms with Crippen molar-refractivity contribution < 1.29 is 4.74 Å². The maximum atomic E-state index is 6.43. The molecule has 0 saturated heterocycles. The van der Waals surface area contributed by atoms with Crippen molar-refractivity contribution in [1.29, 1.82) is 0 Å². The summed E-state index contributed by atoms with van der Waals surface area (Å²) in [6.45, 7) is 9.40. The Balaban J connectivity index is 1.79. The van der Waals surface area contributed by atoms with E-state index >= 15 is 0 Å². The molecular formula is C19H29NO. The average Bonchev–Trinajstić information content (AvgIpc) is 2.80. The van der Waals surface area contributed by atoms with Crippen LogP contribution < -0.4 is 10.5 Å². The van der Waals surface area contributed by atoms with Gasteiger partial charge in [-0.3, -0.25) is 0 Å². The van der Waals surface area contributed by atoms with E-state index in [4.69, 9.17) is 10.5 Å². The molecule has 2 saturated carbocycles. The molecule has 2 fully saturated rings. The van der Waals surface area contributed by atoms with Crippen LogP contribution in [0.3, 0.4) is 0 Å². The first-order valence-electron chi connectivity index (χ1n) is 8.40. The fraction of sp³-hybridized carbons (Fsp3) is 0.684. The van der Waals surface area contributed by atoms with Crippen LogP contribution >= 0.6 is 0 Å². The normalized spacial score (nSPS) is 34.9. The molecule has 2 aliphatic rings. The van der Waals surface area contributed by atoms with Gasteiger partial charge in [-0.15, -0.1) is 0 Å². The second-order valence-electron chi connectivity index (χ2n) is 7.80. The highest BCUT2D eigenvalue weighted by atomic mass is 16.5. The van der Waals surface area contributed by atoms with Crippen molar-refractivity contribution in [2.75, 3.05) is 0 Å². The van der Waals surface area contributed by atoms with Crippen molar-refractivity contribution in [3.63, 3.8) is 0 Å². The largest absolute Gasteiger partial charge is 0.490 e. The smallest absolute Gasteiger partial charge is 0.120 e. The van der Waals surface area contributed by atoms with E-state index in [1.165, 1.54) is 24.8 Å². The Hall–Kier alpha value is -1.02. The third-order valence-electron chi connectivity index (χ3n) is 6.72. The lowest BCUT2D eigenvalue weighted by molar-refractivity contribution is 0.0301. The third kappa shape index (κ3) is 2.19. The summed E-state index contributed by atoms with van der Waals surface area (Å²) in [6.07, 6.45) is 5.17. The molecule has 2 bridgehead atoms. The minimum Gasteiger partial charge on any atom is -0.490 e. The second-order valence-corrected chi connectivity index (χ2v) is 7.80. The lowest BCUT2D eigenvalue weighted by atomic mass is 9.70. The van der Waals surface area contributed by atoms with Crippen molar-refractivity contribution in [2.45, 2.75) is 65.5 Å². The first-order chi connectivity index (χ1) is 9.88. The first kappa shape index (κ1) is 14.9. The molecule has 2 heteroatoms. The van der Waals surface area contributed by atoms with Gasteiger partial charge in [0.15, 0.2) is 0 Å². The third-order valence-corrected chi connectivity index (χ3v) is 6.72. The number of fused-ring (bicyclic) bond motifs is 2. The first-order valence-corrected chi connectivity index (χ1v) is 8.40. The standard InChI is InChI=1S/C19H29NO/c1-5-16(20)13-7-6-8-15(11-13)21-17-12-14-9-10-19(17,4)18(14,2)3/h6-8,11,14,16-17H,5,9-10,12,20H2,1-4H3. The summed E-state index contributed by atoms with van der Waals surface area (Å²) < 4.78 is 6.43. The topological polar surface area (TPSA) is 35.2 Å². The summed E-state index contributed by atoms with van der Waals surface area (Å²) in [5, 5.41) is 0. The fourth-order valence-electron chi connectivity index (χ4n) is 4.53. The van der Waals surface area contributed by atoms with Gasteiger partial charge in [0, 0.05) is 11.5 Å². The highest BCUT2D eigenvalue weighted by Crippen LogP contribution is 2.66. The van der Waals surface area contributed by atoms with E-state index in [0.29, 0.717) is 16.9 Å². The maximum Gasteiger partial charge on any atom is 0.120 e. The number of benzene rings is 1. The monoisotopic (exact) mass is 287 g/mol. The molecule has 4 unspecified atom stereocenters. The van der Waals surface area contributed by atoms with Crippen LogP contribution in [0.25, 0.3) is 0 Å². The summed E-state index contributed by atoms with van der Waals surface area (Å²) in [6, 6.07) is 8.50. The zero-order valence-electron chi connectivity index (χ0n) is 13.9. The summed E-state index contributed by atoms with van der Waals surface area (Å²) >= 11 is 0. The number of rotatable bonds is 4. The van der Waals surface area contributed by atoms with Gasteiger partial charge in [0.2, 0.25) is 0 Å². The van der Waals surface area contributed by atoms with E-state index in [2.05, 4.69) is 52.0 Å². The molecule has 0 aromatic heterocycles. The molecule has 21 heavy (non-hydrogen) atoms. The van der Waals surface area contributed by atoms with E-state index in [9.17, 15) is 0 Å². The van der Waals surface area contributed by atoms with E-state index < -0.39 is 0 Å². The Morgan fingerprint density at radius 3 is 2.67 bits per heavy atom. The zero-order valence-corrected chi connectivity index (χ0v) is 13.9. The highest BCUT2D eigenvalue weighted by Gasteiger charge is 2.62. The summed E-state index contributed by atoms with van der Waals surface area (Å²) in [5.41, 5.74) is 8.03. The Morgan fingerprint density at radius 2 is 2.10 bits per heavy atom. The molecule has 116 valence electrons. The van der Waals surface area contributed by atoms with Gasteiger partial charge in [-0.1, -0.05) is 39.8 Å². The summed E-state index contributed by atoms with van der Waals surface area (Å²) in [7, 11) is 0. The SMILES string of the molecule is CCC(N)c1cccc(OC2CC3CCC2(C)C3(C)C)c1. The lowest BCUT2D eigenvalue weighted by Gasteiger charge is -2.39. The van der Waals surface area contributed by atoms with Gasteiger partial charge >= 0.3 is 0 Å². The average molecular weight is 287 g/mol. The molecule has 0 radical (unpaired) electrons. The molecule has 0 spiro atoms. The minimum absolute atomic E-state index is 0.112. The van der Waals surface area contributed by atoms with Crippen molar-refractivity contribution in [3.05, 3.63) is 29.8 Å². The molecule has 0 amide bonds. The quantitative estimate of drug-likeness (QED) is 0.872. The molecule has 1 aromatic rings. The van der Waals surface area contributed by atoms with Gasteiger partial charge in [0.05, 0.1) is 0 Å². The Kier molecular flexibility index (Phi) is 3.56. The van der Waals surface area contributed by atoms with Crippen LogP contribution in [-0.2, 0) is 0 Å². The summed E-state index contributed by atoms with van der Waals surface area (Å²) in [5.74, 6) is 1.81. The van der Waals surface area contributed by atoms with Crippen LogP contribution in [0.1, 0.15) is 65.0 Å². The Morgan fingerprint density at radius 1 is 1.33 bits per heavy atom. The summed E-state index contributed by atoms with van der Waals surface area (Å²) in [4.78, 5) is 0. The number of hydrogen-bond donors (Lipinski definition) is 1. The van der Waals surface area contributed by atoms with Crippen LogP contribution in [-0.4, -0.2) is 6.10 Å². The van der Waals surface area contributed by atoms with Crippen molar-refractivity contribution in [3.8, 4) is 5.75 Å². The van der Waals surface area contributed by atoms with Crippen LogP contribution in [0.4, 0.5) is 0 Å². The fourth-order valence-corrected chi connectivity index (χ4v) is 4.53. The Labute approximate surface area is 129 Å². The highest BCUT2D eigenvalue weighted by molar-refractivity contribution is 5.31. The van der Waals surface area contributed by atoms with Crippen molar-refractivity contribution in [2.24, 2.45) is 22.5 Å². The predicted molar refractivity (Wildman–Crippen MR) is 87.3 cm³/mol. The second kappa shape index (κ2) is 5.01. The van der Waals surface area contributed by atoms with Crippen LogP contribution in [0.2, 0.25) is 0 Å². The van der Waals surface area contributed by atoms with Gasteiger partial charge in [0.25, 0.3) is 0 Å². The predicted octanol–water partition coefficient (Wildman–Crippen LogP) is 4.69. The van der Waals surface area contributed by atoms with Crippen LogP contribution in [0.15, 0.2) is 24.3 Å². The van der Waals surface area contributed by atoms with Gasteiger partial charge in [-0.25, -0.2) is 0 Å². The van der Waals surface area contributed by atoms with Gasteiger partial charge in [-0.2, -0.15) is 0 Å². The lowest BCUT2D eigenvalue weighted by Crippen LogP contribution is -2.38. The minimum atomic E-state index is 0.112.